The van der Waals surface area contributed by atoms with E-state index in [0.29, 0.717) is 13.0 Å². The fourth-order valence-corrected chi connectivity index (χ4v) is 2.54. The summed E-state index contributed by atoms with van der Waals surface area (Å²) in [5, 5.41) is 3.15. The molecular formula is C15H17N3O2. The number of esters is 1. The molecule has 5 heteroatoms. The molecule has 1 aliphatic rings. The number of nitrogens with one attached hydrogen (secondary N) is 1. The van der Waals surface area contributed by atoms with Gasteiger partial charge in [-0.25, -0.2) is 4.98 Å². The lowest BCUT2D eigenvalue weighted by atomic mass is 10.1. The summed E-state index contributed by atoms with van der Waals surface area (Å²) in [6.45, 7) is 1.38. The fourth-order valence-electron chi connectivity index (χ4n) is 2.54. The van der Waals surface area contributed by atoms with Crippen LogP contribution in [0.25, 0.3) is 0 Å². The van der Waals surface area contributed by atoms with Crippen molar-refractivity contribution in [1.82, 2.24) is 14.9 Å². The Kier molecular flexibility index (Phi) is 3.52. The Hall–Kier alpha value is -2.14. The molecule has 2 heterocycles. The van der Waals surface area contributed by atoms with Crippen LogP contribution in [0.4, 0.5) is 0 Å². The molecule has 0 saturated carbocycles. The third-order valence-electron chi connectivity index (χ3n) is 3.63. The van der Waals surface area contributed by atoms with Crippen molar-refractivity contribution in [2.45, 2.75) is 25.6 Å². The number of nitrogens with zero attached hydrogens (tertiary/aromatic N) is 2. The Morgan fingerprint density at radius 3 is 3.00 bits per heavy atom. The van der Waals surface area contributed by atoms with Crippen molar-refractivity contribution >= 4 is 5.97 Å². The molecule has 1 N–H and O–H groups in total. The van der Waals surface area contributed by atoms with E-state index in [1.54, 1.807) is 0 Å². The number of benzene rings is 1. The Balaban J connectivity index is 1.82. The quantitative estimate of drug-likeness (QED) is 0.850. The van der Waals surface area contributed by atoms with Crippen LogP contribution in [0, 0.1) is 0 Å². The molecule has 1 aromatic carbocycles. The standard InChI is InChI=1S/C15H17N3O2/c1-20-15(19)12-7-14-13(8-16-12)17-10-18(14)9-11-5-3-2-4-6-11/h2-6,10,12,16H,7-9H2,1H3. The molecule has 0 bridgehead atoms. The summed E-state index contributed by atoms with van der Waals surface area (Å²) in [5.41, 5.74) is 3.35. The van der Waals surface area contributed by atoms with Crippen molar-refractivity contribution in [3.63, 3.8) is 0 Å². The lowest BCUT2D eigenvalue weighted by Crippen LogP contribution is -2.43. The minimum Gasteiger partial charge on any atom is -0.468 e. The fraction of sp³-hybridized carbons (Fsp3) is 0.333. The van der Waals surface area contributed by atoms with Crippen LogP contribution in [0.2, 0.25) is 0 Å². The van der Waals surface area contributed by atoms with E-state index >= 15 is 0 Å². The molecule has 0 saturated heterocycles. The van der Waals surface area contributed by atoms with E-state index in [4.69, 9.17) is 4.74 Å². The molecule has 20 heavy (non-hydrogen) atoms. The SMILES string of the molecule is COC(=O)C1Cc2c(ncn2Cc2ccccc2)CN1. The van der Waals surface area contributed by atoms with E-state index in [0.717, 1.165) is 17.9 Å². The van der Waals surface area contributed by atoms with Gasteiger partial charge in [-0.2, -0.15) is 0 Å². The third kappa shape index (κ3) is 2.44. The van der Waals surface area contributed by atoms with E-state index < -0.39 is 0 Å². The first-order chi connectivity index (χ1) is 9.78. The van der Waals surface area contributed by atoms with E-state index in [-0.39, 0.29) is 12.0 Å². The normalized spacial score (nSPS) is 17.6. The number of hydrogen-bond acceptors (Lipinski definition) is 4. The summed E-state index contributed by atoms with van der Waals surface area (Å²) in [4.78, 5) is 16.1. The largest absolute Gasteiger partial charge is 0.468 e. The minimum absolute atomic E-state index is 0.219. The number of carbonyl (C=O) groups is 1. The third-order valence-corrected chi connectivity index (χ3v) is 3.63. The number of carbonyl (C=O) groups excluding carboxylic acids is 1. The first kappa shape index (κ1) is 12.9. The number of aromatic nitrogens is 2. The van der Waals surface area contributed by atoms with Gasteiger partial charge in [0.25, 0.3) is 0 Å². The second kappa shape index (κ2) is 5.46. The van der Waals surface area contributed by atoms with E-state index in [1.807, 2.05) is 24.5 Å². The van der Waals surface area contributed by atoms with Gasteiger partial charge in [-0.15, -0.1) is 0 Å². The Bertz CT molecular complexity index is 607. The molecule has 0 spiro atoms. The zero-order valence-corrected chi connectivity index (χ0v) is 11.4. The van der Waals surface area contributed by atoms with Crippen molar-refractivity contribution in [2.75, 3.05) is 7.11 Å². The smallest absolute Gasteiger partial charge is 0.323 e. The van der Waals surface area contributed by atoms with Crippen molar-refractivity contribution in [3.05, 3.63) is 53.6 Å². The van der Waals surface area contributed by atoms with Crippen LogP contribution < -0.4 is 5.32 Å². The van der Waals surface area contributed by atoms with E-state index in [2.05, 4.69) is 27.0 Å². The highest BCUT2D eigenvalue weighted by molar-refractivity contribution is 5.76. The molecule has 0 aliphatic carbocycles. The van der Waals surface area contributed by atoms with Gasteiger partial charge in [0.15, 0.2) is 0 Å². The molecule has 1 unspecified atom stereocenters. The molecule has 1 atom stereocenters. The molecule has 1 aliphatic heterocycles. The predicted molar refractivity (Wildman–Crippen MR) is 74.1 cm³/mol. The first-order valence-electron chi connectivity index (χ1n) is 6.66. The number of hydrogen-bond donors (Lipinski definition) is 1. The van der Waals surface area contributed by atoms with Crippen molar-refractivity contribution < 1.29 is 9.53 Å². The lowest BCUT2D eigenvalue weighted by molar-refractivity contribution is -0.143. The average Bonchev–Trinajstić information content (AvgIpc) is 2.90. The predicted octanol–water partition coefficient (Wildman–Crippen LogP) is 1.12. The molecule has 5 nitrogen and oxygen atoms in total. The Morgan fingerprint density at radius 2 is 2.25 bits per heavy atom. The number of methoxy groups -OCH3 is 1. The van der Waals surface area contributed by atoms with Gasteiger partial charge in [-0.1, -0.05) is 30.3 Å². The maximum Gasteiger partial charge on any atom is 0.323 e. The highest BCUT2D eigenvalue weighted by Gasteiger charge is 2.27. The maximum atomic E-state index is 11.7. The Labute approximate surface area is 117 Å². The highest BCUT2D eigenvalue weighted by atomic mass is 16.5. The molecule has 0 fully saturated rings. The van der Waals surface area contributed by atoms with Crippen molar-refractivity contribution in [1.29, 1.82) is 0 Å². The van der Waals surface area contributed by atoms with E-state index in [1.165, 1.54) is 12.7 Å². The minimum atomic E-state index is -0.279. The maximum absolute atomic E-state index is 11.7. The summed E-state index contributed by atoms with van der Waals surface area (Å²) in [6.07, 6.45) is 2.47. The molecule has 3 rings (SSSR count). The van der Waals surface area contributed by atoms with Gasteiger partial charge in [0.05, 0.1) is 19.1 Å². The van der Waals surface area contributed by atoms with Gasteiger partial charge in [0.2, 0.25) is 0 Å². The van der Waals surface area contributed by atoms with Crippen LogP contribution in [0.3, 0.4) is 0 Å². The van der Waals surface area contributed by atoms with Crippen LogP contribution in [0.5, 0.6) is 0 Å². The van der Waals surface area contributed by atoms with Gasteiger partial charge in [-0.05, 0) is 5.56 Å². The second-order valence-electron chi connectivity index (χ2n) is 4.91. The van der Waals surface area contributed by atoms with Gasteiger partial charge in [0.1, 0.15) is 6.04 Å². The molecular weight excluding hydrogens is 254 g/mol. The summed E-state index contributed by atoms with van der Waals surface area (Å²) in [7, 11) is 1.42. The van der Waals surface area contributed by atoms with Crippen LogP contribution >= 0.6 is 0 Å². The number of rotatable bonds is 3. The summed E-state index contributed by atoms with van der Waals surface area (Å²) in [6, 6.07) is 9.95. The monoisotopic (exact) mass is 271 g/mol. The molecule has 104 valence electrons. The number of fused-ring (bicyclic) bond motifs is 1. The van der Waals surface area contributed by atoms with E-state index in [9.17, 15) is 4.79 Å². The molecule has 1 aromatic heterocycles. The van der Waals surface area contributed by atoms with Gasteiger partial charge in [-0.3, -0.25) is 10.1 Å². The lowest BCUT2D eigenvalue weighted by Gasteiger charge is -2.22. The first-order valence-corrected chi connectivity index (χ1v) is 6.66. The van der Waals surface area contributed by atoms with Crippen LogP contribution in [0.1, 0.15) is 17.0 Å². The molecule has 0 radical (unpaired) electrons. The highest BCUT2D eigenvalue weighted by Crippen LogP contribution is 2.17. The van der Waals surface area contributed by atoms with Crippen LogP contribution in [0.15, 0.2) is 36.7 Å². The average molecular weight is 271 g/mol. The zero-order chi connectivity index (χ0) is 13.9. The molecule has 2 aromatic rings. The summed E-state index contributed by atoms with van der Waals surface area (Å²) >= 11 is 0. The van der Waals surface area contributed by atoms with Crippen LogP contribution in [-0.4, -0.2) is 28.7 Å². The zero-order valence-electron chi connectivity index (χ0n) is 11.4. The summed E-state index contributed by atoms with van der Waals surface area (Å²) in [5.74, 6) is -0.219. The van der Waals surface area contributed by atoms with Crippen LogP contribution in [-0.2, 0) is 29.0 Å². The number of ether oxygens (including phenoxy) is 1. The molecule has 0 amide bonds. The Morgan fingerprint density at radius 1 is 1.45 bits per heavy atom. The van der Waals surface area contributed by atoms with Gasteiger partial charge >= 0.3 is 5.97 Å². The topological polar surface area (TPSA) is 56.1 Å². The van der Waals surface area contributed by atoms with Gasteiger partial charge in [0, 0.05) is 25.2 Å². The van der Waals surface area contributed by atoms with Crippen molar-refractivity contribution in [3.8, 4) is 0 Å². The van der Waals surface area contributed by atoms with Gasteiger partial charge < -0.3 is 9.30 Å². The number of imidazole rings is 1. The second-order valence-corrected chi connectivity index (χ2v) is 4.91. The van der Waals surface area contributed by atoms with Crippen molar-refractivity contribution in [2.24, 2.45) is 0 Å². The summed E-state index contributed by atoms with van der Waals surface area (Å²) < 4.78 is 6.92.